The first kappa shape index (κ1) is 14.9. The number of carbonyl (C=O) groups excluding carboxylic acids is 1. The third-order valence-electron chi connectivity index (χ3n) is 4.03. The maximum atomic E-state index is 11.7. The fourth-order valence-electron chi connectivity index (χ4n) is 3.08. The average Bonchev–Trinajstić information content (AvgIpc) is 2.46. The van der Waals surface area contributed by atoms with E-state index >= 15 is 0 Å². The van der Waals surface area contributed by atoms with Gasteiger partial charge in [-0.25, -0.2) is 0 Å². The molecule has 110 valence electrons. The van der Waals surface area contributed by atoms with Crippen molar-refractivity contribution in [1.82, 2.24) is 10.2 Å². The summed E-state index contributed by atoms with van der Waals surface area (Å²) in [6.45, 7) is 3.44. The number of rotatable bonds is 5. The van der Waals surface area contributed by atoms with Crippen LogP contribution in [0.3, 0.4) is 0 Å². The second-order valence-corrected chi connectivity index (χ2v) is 5.40. The molecule has 1 aliphatic carbocycles. The van der Waals surface area contributed by atoms with Crippen LogP contribution in [-0.4, -0.2) is 36.1 Å². The zero-order valence-corrected chi connectivity index (χ0v) is 12.4. The van der Waals surface area contributed by atoms with Gasteiger partial charge in [-0.2, -0.15) is 0 Å². The second-order valence-electron chi connectivity index (χ2n) is 5.40. The summed E-state index contributed by atoms with van der Waals surface area (Å²) in [5.74, 6) is 0.439. The summed E-state index contributed by atoms with van der Waals surface area (Å²) in [5, 5.41) is 12.7. The number of phenols is 1. The van der Waals surface area contributed by atoms with Crippen LogP contribution >= 0.6 is 0 Å². The first-order valence-electron chi connectivity index (χ1n) is 7.42. The predicted octanol–water partition coefficient (Wildman–Crippen LogP) is 2.23. The van der Waals surface area contributed by atoms with Crippen LogP contribution in [0.4, 0.5) is 0 Å². The Morgan fingerprint density at radius 2 is 2.30 bits per heavy atom. The van der Waals surface area contributed by atoms with Gasteiger partial charge in [0.25, 0.3) is 0 Å². The molecule has 0 aliphatic heterocycles. The quantitative estimate of drug-likeness (QED) is 0.867. The normalized spacial score (nSPS) is 17.9. The Morgan fingerprint density at radius 3 is 3.00 bits per heavy atom. The molecule has 1 atom stereocenters. The van der Waals surface area contributed by atoms with Gasteiger partial charge in [0.2, 0.25) is 5.91 Å². The number of phenolic OH excluding ortho intramolecular Hbond substituents is 1. The van der Waals surface area contributed by atoms with Crippen molar-refractivity contribution in [3.63, 3.8) is 0 Å². The van der Waals surface area contributed by atoms with E-state index in [0.29, 0.717) is 12.3 Å². The van der Waals surface area contributed by atoms with E-state index in [0.717, 1.165) is 37.8 Å². The summed E-state index contributed by atoms with van der Waals surface area (Å²) >= 11 is 0. The molecule has 4 nitrogen and oxygen atoms in total. The van der Waals surface area contributed by atoms with E-state index in [1.54, 1.807) is 13.1 Å². The second kappa shape index (κ2) is 6.75. The molecule has 1 aromatic rings. The van der Waals surface area contributed by atoms with Crippen molar-refractivity contribution in [2.24, 2.45) is 0 Å². The average molecular weight is 276 g/mol. The highest BCUT2D eigenvalue weighted by Crippen LogP contribution is 2.38. The molecule has 0 spiro atoms. The highest BCUT2D eigenvalue weighted by molar-refractivity contribution is 5.77. The van der Waals surface area contributed by atoms with Crippen molar-refractivity contribution >= 4 is 5.91 Å². The van der Waals surface area contributed by atoms with Gasteiger partial charge in [-0.05, 0) is 49.4 Å². The van der Waals surface area contributed by atoms with Gasteiger partial charge in [0.15, 0.2) is 0 Å². The van der Waals surface area contributed by atoms with Gasteiger partial charge in [-0.1, -0.05) is 19.1 Å². The Bertz CT molecular complexity index is 474. The highest BCUT2D eigenvalue weighted by atomic mass is 16.3. The van der Waals surface area contributed by atoms with E-state index in [2.05, 4.69) is 23.2 Å². The molecule has 2 N–H and O–H groups in total. The topological polar surface area (TPSA) is 52.6 Å². The van der Waals surface area contributed by atoms with Crippen LogP contribution in [0.1, 0.15) is 43.4 Å². The van der Waals surface area contributed by atoms with Gasteiger partial charge >= 0.3 is 0 Å². The number of aromatic hydroxyl groups is 1. The number of hydrogen-bond acceptors (Lipinski definition) is 3. The molecule has 4 heteroatoms. The molecule has 0 bridgehead atoms. The van der Waals surface area contributed by atoms with Crippen molar-refractivity contribution in [2.75, 3.05) is 20.1 Å². The van der Waals surface area contributed by atoms with Crippen LogP contribution < -0.4 is 5.32 Å². The lowest BCUT2D eigenvalue weighted by atomic mass is 9.86. The summed E-state index contributed by atoms with van der Waals surface area (Å²) in [6, 6.07) is 5.98. The molecule has 0 radical (unpaired) electrons. The molecule has 1 unspecified atom stereocenters. The minimum Gasteiger partial charge on any atom is -0.508 e. The highest BCUT2D eigenvalue weighted by Gasteiger charge is 2.27. The van der Waals surface area contributed by atoms with E-state index in [1.165, 1.54) is 5.56 Å². The number of fused-ring (bicyclic) bond motifs is 1. The van der Waals surface area contributed by atoms with Crippen LogP contribution in [0.5, 0.6) is 5.75 Å². The maximum Gasteiger partial charge on any atom is 0.233 e. The van der Waals surface area contributed by atoms with Gasteiger partial charge < -0.3 is 10.4 Å². The SMILES string of the molecule is CCCN(CC(=O)NC)C1CCCc2c(O)cccc21. The van der Waals surface area contributed by atoms with Crippen LogP contribution in [0.2, 0.25) is 0 Å². The molecule has 0 heterocycles. The molecule has 0 fully saturated rings. The number of hydrogen-bond donors (Lipinski definition) is 2. The van der Waals surface area contributed by atoms with Crippen LogP contribution in [-0.2, 0) is 11.2 Å². The van der Waals surface area contributed by atoms with Crippen LogP contribution in [0, 0.1) is 0 Å². The van der Waals surface area contributed by atoms with Crippen molar-refractivity contribution in [2.45, 2.75) is 38.6 Å². The van der Waals surface area contributed by atoms with Crippen LogP contribution in [0.15, 0.2) is 18.2 Å². The third-order valence-corrected chi connectivity index (χ3v) is 4.03. The molecule has 0 aromatic heterocycles. The Morgan fingerprint density at radius 1 is 1.50 bits per heavy atom. The van der Waals surface area contributed by atoms with Gasteiger partial charge in [0, 0.05) is 13.1 Å². The van der Waals surface area contributed by atoms with E-state index in [9.17, 15) is 9.90 Å². The summed E-state index contributed by atoms with van der Waals surface area (Å²) in [6.07, 6.45) is 4.05. The molecular formula is C16H24N2O2. The molecule has 1 amide bonds. The standard InChI is InChI=1S/C16H24N2O2/c1-3-10-18(11-16(20)17-2)14-8-4-7-13-12(14)6-5-9-15(13)19/h5-6,9,14,19H,3-4,7-8,10-11H2,1-2H3,(H,17,20). The number of amides is 1. The van der Waals surface area contributed by atoms with E-state index in [-0.39, 0.29) is 11.9 Å². The molecular weight excluding hydrogens is 252 g/mol. The number of nitrogens with one attached hydrogen (secondary N) is 1. The lowest BCUT2D eigenvalue weighted by Gasteiger charge is -2.35. The minimum absolute atomic E-state index is 0.0470. The smallest absolute Gasteiger partial charge is 0.233 e. The fourth-order valence-corrected chi connectivity index (χ4v) is 3.08. The summed E-state index contributed by atoms with van der Waals surface area (Å²) in [7, 11) is 1.67. The van der Waals surface area contributed by atoms with E-state index in [4.69, 9.17) is 0 Å². The molecule has 1 aliphatic rings. The van der Waals surface area contributed by atoms with Crippen molar-refractivity contribution in [1.29, 1.82) is 0 Å². The summed E-state index contributed by atoms with van der Waals surface area (Å²) in [4.78, 5) is 13.9. The van der Waals surface area contributed by atoms with Gasteiger partial charge in [0.05, 0.1) is 6.54 Å². The monoisotopic (exact) mass is 276 g/mol. The first-order valence-corrected chi connectivity index (χ1v) is 7.42. The molecule has 0 saturated heterocycles. The lowest BCUT2D eigenvalue weighted by molar-refractivity contribution is -0.122. The number of carbonyl (C=O) groups is 1. The summed E-state index contributed by atoms with van der Waals surface area (Å²) < 4.78 is 0. The van der Waals surface area contributed by atoms with E-state index < -0.39 is 0 Å². The number of nitrogens with zero attached hydrogens (tertiary/aromatic N) is 1. The Hall–Kier alpha value is -1.55. The molecule has 1 aromatic carbocycles. The fraction of sp³-hybridized carbons (Fsp3) is 0.562. The Kier molecular flexibility index (Phi) is 5.01. The number of likely N-dealkylation sites (N-methyl/N-ethyl adjacent to an activating group) is 1. The maximum absolute atomic E-state index is 11.7. The molecule has 0 saturated carbocycles. The van der Waals surface area contributed by atoms with Gasteiger partial charge in [0.1, 0.15) is 5.75 Å². The molecule has 2 rings (SSSR count). The van der Waals surface area contributed by atoms with Crippen molar-refractivity contribution < 1.29 is 9.90 Å². The first-order chi connectivity index (χ1) is 9.67. The van der Waals surface area contributed by atoms with Crippen molar-refractivity contribution in [3.05, 3.63) is 29.3 Å². The Balaban J connectivity index is 2.26. The van der Waals surface area contributed by atoms with Gasteiger partial charge in [-0.15, -0.1) is 0 Å². The largest absolute Gasteiger partial charge is 0.508 e. The number of benzene rings is 1. The van der Waals surface area contributed by atoms with Crippen molar-refractivity contribution in [3.8, 4) is 5.75 Å². The zero-order valence-electron chi connectivity index (χ0n) is 12.4. The van der Waals surface area contributed by atoms with Crippen LogP contribution in [0.25, 0.3) is 0 Å². The summed E-state index contributed by atoms with van der Waals surface area (Å²) in [5.41, 5.74) is 2.25. The molecule has 20 heavy (non-hydrogen) atoms. The Labute approximate surface area is 120 Å². The van der Waals surface area contributed by atoms with E-state index in [1.807, 2.05) is 6.07 Å². The van der Waals surface area contributed by atoms with Gasteiger partial charge in [-0.3, -0.25) is 9.69 Å². The lowest BCUT2D eigenvalue weighted by Crippen LogP contribution is -2.39. The predicted molar refractivity (Wildman–Crippen MR) is 79.7 cm³/mol. The minimum atomic E-state index is 0.0470. The zero-order chi connectivity index (χ0) is 14.5. The third kappa shape index (κ3) is 3.12.